The van der Waals surface area contributed by atoms with E-state index in [1.54, 1.807) is 13.2 Å². The SMILES string of the molecule is COc1ccccc1-c1cc(C(=O)Nc2nn[nH]n2)[nH]n1. The number of carbonyl (C=O) groups excluding carboxylic acids is 1. The number of hydrogen-bond acceptors (Lipinski definition) is 6. The van der Waals surface area contributed by atoms with Gasteiger partial charge in [0.05, 0.1) is 12.8 Å². The van der Waals surface area contributed by atoms with Gasteiger partial charge < -0.3 is 4.74 Å². The molecule has 1 amide bonds. The molecule has 3 N–H and O–H groups in total. The van der Waals surface area contributed by atoms with Gasteiger partial charge in [-0.3, -0.25) is 15.2 Å². The van der Waals surface area contributed by atoms with Gasteiger partial charge in [-0.15, -0.1) is 5.10 Å². The van der Waals surface area contributed by atoms with Gasteiger partial charge in [0.15, 0.2) is 0 Å². The second-order valence-corrected chi connectivity index (χ2v) is 4.06. The number of anilines is 1. The molecule has 0 fully saturated rings. The number of nitrogens with one attached hydrogen (secondary N) is 3. The van der Waals surface area contributed by atoms with Crippen LogP contribution in [0.5, 0.6) is 5.75 Å². The molecule has 2 heterocycles. The van der Waals surface area contributed by atoms with Crippen LogP contribution in [0.2, 0.25) is 0 Å². The van der Waals surface area contributed by atoms with Crippen molar-refractivity contribution in [2.75, 3.05) is 12.4 Å². The Morgan fingerprint density at radius 1 is 1.29 bits per heavy atom. The first-order valence-electron chi connectivity index (χ1n) is 6.01. The van der Waals surface area contributed by atoms with E-state index >= 15 is 0 Å². The highest BCUT2D eigenvalue weighted by molar-refractivity contribution is 6.02. The zero-order chi connectivity index (χ0) is 14.7. The molecule has 3 rings (SSSR count). The molecule has 3 aromatic rings. The van der Waals surface area contributed by atoms with E-state index in [4.69, 9.17) is 4.74 Å². The Kier molecular flexibility index (Phi) is 3.29. The summed E-state index contributed by atoms with van der Waals surface area (Å²) in [5.41, 5.74) is 1.67. The number of hydrogen-bond donors (Lipinski definition) is 3. The topological polar surface area (TPSA) is 121 Å². The number of aromatic amines is 2. The third-order valence-electron chi connectivity index (χ3n) is 2.78. The molecule has 106 valence electrons. The summed E-state index contributed by atoms with van der Waals surface area (Å²) >= 11 is 0. The first-order valence-corrected chi connectivity index (χ1v) is 6.01. The van der Waals surface area contributed by atoms with Crippen molar-refractivity contribution in [3.63, 3.8) is 0 Å². The second kappa shape index (κ2) is 5.41. The van der Waals surface area contributed by atoms with Crippen molar-refractivity contribution in [2.45, 2.75) is 0 Å². The molecule has 0 aliphatic heterocycles. The lowest BCUT2D eigenvalue weighted by atomic mass is 10.1. The fraction of sp³-hybridized carbons (Fsp3) is 0.0833. The van der Waals surface area contributed by atoms with Gasteiger partial charge in [0.1, 0.15) is 11.4 Å². The second-order valence-electron chi connectivity index (χ2n) is 4.06. The maximum absolute atomic E-state index is 12.0. The first-order chi connectivity index (χ1) is 10.3. The van der Waals surface area contributed by atoms with Crippen molar-refractivity contribution in [1.29, 1.82) is 0 Å². The van der Waals surface area contributed by atoms with Crippen LogP contribution in [0.4, 0.5) is 5.95 Å². The number of amides is 1. The molecule has 0 atom stereocenters. The summed E-state index contributed by atoms with van der Waals surface area (Å²) in [4.78, 5) is 12.0. The minimum absolute atomic E-state index is 0.0911. The maximum Gasteiger partial charge on any atom is 0.276 e. The minimum atomic E-state index is -0.412. The molecule has 0 aliphatic rings. The van der Waals surface area contributed by atoms with Gasteiger partial charge >= 0.3 is 0 Å². The molecule has 0 spiro atoms. The summed E-state index contributed by atoms with van der Waals surface area (Å²) in [5.74, 6) is 0.354. The number of methoxy groups -OCH3 is 1. The molecule has 0 saturated heterocycles. The Balaban J connectivity index is 1.84. The van der Waals surface area contributed by atoms with Crippen LogP contribution in [0, 0.1) is 0 Å². The maximum atomic E-state index is 12.0. The Bertz CT molecular complexity index is 751. The summed E-state index contributed by atoms with van der Waals surface area (Å²) in [6.45, 7) is 0. The van der Waals surface area contributed by atoms with Crippen molar-refractivity contribution in [3.05, 3.63) is 36.0 Å². The molecular weight excluding hydrogens is 274 g/mol. The number of ether oxygens (including phenoxy) is 1. The highest BCUT2D eigenvalue weighted by Gasteiger charge is 2.14. The van der Waals surface area contributed by atoms with E-state index in [2.05, 4.69) is 36.1 Å². The molecule has 0 saturated carbocycles. The predicted molar refractivity (Wildman–Crippen MR) is 72.7 cm³/mol. The van der Waals surface area contributed by atoms with Crippen LogP contribution in [-0.2, 0) is 0 Å². The van der Waals surface area contributed by atoms with E-state index in [0.717, 1.165) is 5.56 Å². The number of tetrazole rings is 1. The van der Waals surface area contributed by atoms with E-state index in [1.807, 2.05) is 24.3 Å². The quantitative estimate of drug-likeness (QED) is 0.653. The fourth-order valence-electron chi connectivity index (χ4n) is 1.82. The Hall–Kier alpha value is -3.23. The molecule has 1 aromatic carbocycles. The molecule has 21 heavy (non-hydrogen) atoms. The first kappa shape index (κ1) is 12.8. The van der Waals surface area contributed by atoms with E-state index < -0.39 is 5.91 Å². The minimum Gasteiger partial charge on any atom is -0.496 e. The molecule has 0 bridgehead atoms. The van der Waals surface area contributed by atoms with Crippen LogP contribution in [0.25, 0.3) is 11.3 Å². The standard InChI is InChI=1S/C12H11N7O2/c1-21-10-5-3-2-4-7(10)8-6-9(15-14-8)11(20)13-12-16-18-19-17-12/h2-6H,1H3,(H,14,15)(H2,13,16,17,18,19,20). The Morgan fingerprint density at radius 3 is 2.90 bits per heavy atom. The van der Waals surface area contributed by atoms with Gasteiger partial charge in [0.2, 0.25) is 0 Å². The van der Waals surface area contributed by atoms with E-state index in [-0.39, 0.29) is 11.6 Å². The summed E-state index contributed by atoms with van der Waals surface area (Å²) < 4.78 is 5.27. The number of aromatic nitrogens is 6. The average molecular weight is 285 g/mol. The zero-order valence-corrected chi connectivity index (χ0v) is 11.0. The van der Waals surface area contributed by atoms with Gasteiger partial charge in [-0.05, 0) is 23.4 Å². The Morgan fingerprint density at radius 2 is 2.14 bits per heavy atom. The third kappa shape index (κ3) is 2.56. The summed E-state index contributed by atoms with van der Waals surface area (Å²) in [6.07, 6.45) is 0. The van der Waals surface area contributed by atoms with Gasteiger partial charge in [-0.1, -0.05) is 17.2 Å². The highest BCUT2D eigenvalue weighted by atomic mass is 16.5. The number of nitrogens with zero attached hydrogens (tertiary/aromatic N) is 4. The molecule has 9 nitrogen and oxygen atoms in total. The van der Waals surface area contributed by atoms with Crippen molar-refractivity contribution >= 4 is 11.9 Å². The Labute approximate surface area is 118 Å². The van der Waals surface area contributed by atoms with Crippen molar-refractivity contribution in [1.82, 2.24) is 30.8 Å². The van der Waals surface area contributed by atoms with Gasteiger partial charge in [0.25, 0.3) is 11.9 Å². The van der Waals surface area contributed by atoms with Gasteiger partial charge in [-0.25, -0.2) is 0 Å². The number of carbonyl (C=O) groups is 1. The van der Waals surface area contributed by atoms with Crippen molar-refractivity contribution < 1.29 is 9.53 Å². The summed E-state index contributed by atoms with van der Waals surface area (Å²) in [6, 6.07) is 9.02. The fourth-order valence-corrected chi connectivity index (χ4v) is 1.82. The van der Waals surface area contributed by atoms with Crippen LogP contribution in [0.1, 0.15) is 10.5 Å². The molecule has 0 radical (unpaired) electrons. The highest BCUT2D eigenvalue weighted by Crippen LogP contribution is 2.28. The van der Waals surface area contributed by atoms with E-state index in [9.17, 15) is 4.79 Å². The normalized spacial score (nSPS) is 10.3. The largest absolute Gasteiger partial charge is 0.496 e. The van der Waals surface area contributed by atoms with Crippen LogP contribution in [0.3, 0.4) is 0 Å². The predicted octanol–water partition coefficient (Wildman–Crippen LogP) is 0.851. The molecular formula is C12H11N7O2. The number of rotatable bonds is 4. The van der Waals surface area contributed by atoms with Crippen molar-refractivity contribution in [3.8, 4) is 17.0 Å². The number of para-hydroxylation sites is 1. The third-order valence-corrected chi connectivity index (χ3v) is 2.78. The number of H-pyrrole nitrogens is 2. The van der Waals surface area contributed by atoms with Crippen LogP contribution in [-0.4, -0.2) is 43.8 Å². The molecule has 2 aromatic heterocycles. The summed E-state index contributed by atoms with van der Waals surface area (Å²) in [5, 5.41) is 22.1. The molecule has 0 aliphatic carbocycles. The van der Waals surface area contributed by atoms with Crippen LogP contribution >= 0.6 is 0 Å². The number of benzene rings is 1. The molecule has 9 heteroatoms. The summed E-state index contributed by atoms with van der Waals surface area (Å²) in [7, 11) is 1.58. The monoisotopic (exact) mass is 285 g/mol. The van der Waals surface area contributed by atoms with E-state index in [1.165, 1.54) is 0 Å². The lowest BCUT2D eigenvalue weighted by Gasteiger charge is -2.04. The smallest absolute Gasteiger partial charge is 0.276 e. The average Bonchev–Trinajstić information content (AvgIpc) is 3.18. The van der Waals surface area contributed by atoms with Crippen molar-refractivity contribution in [2.24, 2.45) is 0 Å². The zero-order valence-electron chi connectivity index (χ0n) is 11.0. The van der Waals surface area contributed by atoms with Crippen LogP contribution < -0.4 is 10.1 Å². The lowest BCUT2D eigenvalue weighted by molar-refractivity contribution is 0.102. The van der Waals surface area contributed by atoms with Crippen LogP contribution in [0.15, 0.2) is 30.3 Å². The molecule has 0 unspecified atom stereocenters. The lowest BCUT2D eigenvalue weighted by Crippen LogP contribution is -2.13. The van der Waals surface area contributed by atoms with Gasteiger partial charge in [-0.2, -0.15) is 10.3 Å². The van der Waals surface area contributed by atoms with E-state index in [0.29, 0.717) is 11.4 Å². The van der Waals surface area contributed by atoms with Gasteiger partial charge in [0, 0.05) is 5.56 Å².